The molecule has 1 aromatic carbocycles. The highest BCUT2D eigenvalue weighted by molar-refractivity contribution is 6.33. The van der Waals surface area contributed by atoms with E-state index in [4.69, 9.17) is 22.4 Å². The second-order valence-corrected chi connectivity index (χ2v) is 5.37. The topological polar surface area (TPSA) is 86.9 Å². The van der Waals surface area contributed by atoms with E-state index in [0.717, 1.165) is 5.69 Å². The van der Waals surface area contributed by atoms with Gasteiger partial charge in [0.1, 0.15) is 0 Å². The molecule has 1 heterocycles. The lowest BCUT2D eigenvalue weighted by Gasteiger charge is -2.36. The molecule has 0 saturated carbocycles. The van der Waals surface area contributed by atoms with Crippen molar-refractivity contribution in [1.29, 1.82) is 0 Å². The number of carbonyl (C=O) groups excluding carboxylic acids is 1. The number of aliphatic carboxylic acids is 1. The Morgan fingerprint density at radius 3 is 2.43 bits per heavy atom. The van der Waals surface area contributed by atoms with Gasteiger partial charge in [0.15, 0.2) is 0 Å². The van der Waals surface area contributed by atoms with Crippen LogP contribution in [0.3, 0.4) is 0 Å². The molecule has 2 rings (SSSR count). The first-order chi connectivity index (χ1) is 9.97. The number of nitrogens with zero attached hydrogens (tertiary/aromatic N) is 2. The van der Waals surface area contributed by atoms with Crippen LogP contribution in [0.5, 0.6) is 0 Å². The van der Waals surface area contributed by atoms with E-state index in [-0.39, 0.29) is 18.7 Å². The van der Waals surface area contributed by atoms with Crippen LogP contribution in [0.25, 0.3) is 0 Å². The number of carboxylic acid groups (broad SMARTS) is 1. The molecule has 1 fully saturated rings. The van der Waals surface area contributed by atoms with Gasteiger partial charge in [-0.1, -0.05) is 11.6 Å². The van der Waals surface area contributed by atoms with Gasteiger partial charge in [0.05, 0.1) is 17.1 Å². The molecule has 1 aliphatic heterocycles. The number of piperazine rings is 1. The summed E-state index contributed by atoms with van der Waals surface area (Å²) in [5.74, 6) is -1.05. The van der Waals surface area contributed by atoms with Crippen LogP contribution in [0.4, 0.5) is 11.4 Å². The Morgan fingerprint density at radius 1 is 1.19 bits per heavy atom. The smallest absolute Gasteiger partial charge is 0.303 e. The quantitative estimate of drug-likeness (QED) is 0.822. The molecule has 0 bridgehead atoms. The number of hydrogen-bond donors (Lipinski definition) is 2. The van der Waals surface area contributed by atoms with Gasteiger partial charge in [0.2, 0.25) is 5.91 Å². The van der Waals surface area contributed by atoms with E-state index in [9.17, 15) is 9.59 Å². The van der Waals surface area contributed by atoms with E-state index in [2.05, 4.69) is 4.90 Å². The molecule has 1 aromatic rings. The highest BCUT2D eigenvalue weighted by Crippen LogP contribution is 2.25. The second-order valence-electron chi connectivity index (χ2n) is 4.97. The lowest BCUT2D eigenvalue weighted by atomic mass is 10.2. The Bertz CT molecular complexity index is 542. The van der Waals surface area contributed by atoms with Gasteiger partial charge >= 0.3 is 5.97 Å². The Morgan fingerprint density at radius 2 is 1.86 bits per heavy atom. The summed E-state index contributed by atoms with van der Waals surface area (Å²) in [4.78, 5) is 26.2. The highest BCUT2D eigenvalue weighted by atomic mass is 35.5. The first kappa shape index (κ1) is 15.4. The summed E-state index contributed by atoms with van der Waals surface area (Å²) >= 11 is 5.90. The fourth-order valence-electron chi connectivity index (χ4n) is 2.31. The Kier molecular flexibility index (Phi) is 4.90. The summed E-state index contributed by atoms with van der Waals surface area (Å²) in [7, 11) is 0. The number of amides is 1. The summed E-state index contributed by atoms with van der Waals surface area (Å²) in [6.07, 6.45) is -0.0595. The molecule has 0 atom stereocenters. The van der Waals surface area contributed by atoms with Gasteiger partial charge in [-0.05, 0) is 18.2 Å². The van der Waals surface area contributed by atoms with Gasteiger partial charge in [0, 0.05) is 38.3 Å². The van der Waals surface area contributed by atoms with Crippen molar-refractivity contribution in [3.63, 3.8) is 0 Å². The monoisotopic (exact) mass is 311 g/mol. The zero-order valence-corrected chi connectivity index (χ0v) is 12.3. The predicted octanol–water partition coefficient (Wildman–Crippen LogP) is 1.44. The lowest BCUT2D eigenvalue weighted by molar-refractivity contribution is -0.141. The number of nitrogens with two attached hydrogens (primary N) is 1. The summed E-state index contributed by atoms with van der Waals surface area (Å²) in [6.45, 7) is 2.56. The van der Waals surface area contributed by atoms with Crippen molar-refractivity contribution in [2.45, 2.75) is 12.8 Å². The number of nitrogen functional groups attached to an aromatic ring is 1. The Balaban J connectivity index is 1.89. The van der Waals surface area contributed by atoms with Gasteiger partial charge in [0.25, 0.3) is 0 Å². The van der Waals surface area contributed by atoms with Crippen molar-refractivity contribution in [2.75, 3.05) is 36.8 Å². The average Bonchev–Trinajstić information content (AvgIpc) is 2.48. The minimum atomic E-state index is -0.946. The Hall–Kier alpha value is -1.95. The van der Waals surface area contributed by atoms with E-state index in [0.29, 0.717) is 36.9 Å². The highest BCUT2D eigenvalue weighted by Gasteiger charge is 2.21. The average molecular weight is 312 g/mol. The van der Waals surface area contributed by atoms with Crippen LogP contribution in [0.1, 0.15) is 12.8 Å². The van der Waals surface area contributed by atoms with E-state index < -0.39 is 5.97 Å². The Labute approximate surface area is 128 Å². The second kappa shape index (κ2) is 6.67. The first-order valence-corrected chi connectivity index (χ1v) is 7.14. The molecule has 0 aliphatic carbocycles. The molecule has 3 N–H and O–H groups in total. The third-order valence-corrected chi connectivity index (χ3v) is 3.87. The van der Waals surface area contributed by atoms with E-state index in [1.807, 2.05) is 12.1 Å². The fourth-order valence-corrected chi connectivity index (χ4v) is 2.43. The largest absolute Gasteiger partial charge is 0.481 e. The maximum atomic E-state index is 11.9. The molecule has 7 heteroatoms. The summed E-state index contributed by atoms with van der Waals surface area (Å²) in [6, 6.07) is 5.49. The van der Waals surface area contributed by atoms with E-state index >= 15 is 0 Å². The van der Waals surface area contributed by atoms with Crippen molar-refractivity contribution in [3.05, 3.63) is 23.2 Å². The maximum absolute atomic E-state index is 11.9. The molecule has 0 aromatic heterocycles. The number of carbonyl (C=O) groups is 2. The molecule has 0 spiro atoms. The normalized spacial score (nSPS) is 15.1. The minimum absolute atomic E-state index is 0.0588. The standard InChI is InChI=1S/C14H18ClN3O3/c15-11-2-1-10(9-12(11)16)17-5-7-18(8-6-17)13(19)3-4-14(20)21/h1-2,9H,3-8,16H2,(H,20,21). The zero-order chi connectivity index (χ0) is 15.4. The van der Waals surface area contributed by atoms with E-state index in [1.54, 1.807) is 11.0 Å². The minimum Gasteiger partial charge on any atom is -0.481 e. The number of hydrogen-bond acceptors (Lipinski definition) is 4. The number of carboxylic acids is 1. The summed E-state index contributed by atoms with van der Waals surface area (Å²) in [5, 5.41) is 9.13. The molecular formula is C14H18ClN3O3. The van der Waals surface area contributed by atoms with Crippen molar-refractivity contribution in [2.24, 2.45) is 0 Å². The van der Waals surface area contributed by atoms with Gasteiger partial charge in [-0.25, -0.2) is 0 Å². The molecule has 1 amide bonds. The van der Waals surface area contributed by atoms with Gasteiger partial charge in [-0.2, -0.15) is 0 Å². The van der Waals surface area contributed by atoms with E-state index in [1.165, 1.54) is 0 Å². The lowest BCUT2D eigenvalue weighted by Crippen LogP contribution is -2.48. The molecular weight excluding hydrogens is 294 g/mol. The molecule has 0 unspecified atom stereocenters. The summed E-state index contributed by atoms with van der Waals surface area (Å²) < 4.78 is 0. The van der Waals surface area contributed by atoms with Crippen molar-refractivity contribution >= 4 is 34.9 Å². The molecule has 1 aliphatic rings. The van der Waals surface area contributed by atoms with Crippen molar-refractivity contribution in [1.82, 2.24) is 4.90 Å². The maximum Gasteiger partial charge on any atom is 0.303 e. The molecule has 0 radical (unpaired) electrons. The SMILES string of the molecule is Nc1cc(N2CCN(C(=O)CCC(=O)O)CC2)ccc1Cl. The molecule has 114 valence electrons. The zero-order valence-electron chi connectivity index (χ0n) is 11.6. The van der Waals surface area contributed by atoms with Crippen LogP contribution in [-0.4, -0.2) is 48.1 Å². The predicted molar refractivity (Wildman–Crippen MR) is 81.5 cm³/mol. The van der Waals surface area contributed by atoms with Crippen LogP contribution in [-0.2, 0) is 9.59 Å². The molecule has 21 heavy (non-hydrogen) atoms. The third kappa shape index (κ3) is 4.01. The number of halogens is 1. The van der Waals surface area contributed by atoms with Crippen LogP contribution < -0.4 is 10.6 Å². The van der Waals surface area contributed by atoms with Gasteiger partial charge in [-0.3, -0.25) is 9.59 Å². The fraction of sp³-hybridized carbons (Fsp3) is 0.429. The van der Waals surface area contributed by atoms with Crippen molar-refractivity contribution in [3.8, 4) is 0 Å². The third-order valence-electron chi connectivity index (χ3n) is 3.53. The van der Waals surface area contributed by atoms with Crippen LogP contribution in [0.15, 0.2) is 18.2 Å². The summed E-state index contributed by atoms with van der Waals surface area (Å²) in [5.41, 5.74) is 7.31. The molecule has 6 nitrogen and oxygen atoms in total. The first-order valence-electron chi connectivity index (χ1n) is 6.77. The number of anilines is 2. The van der Waals surface area contributed by atoms with Gasteiger partial charge < -0.3 is 20.6 Å². The molecule has 1 saturated heterocycles. The van der Waals surface area contributed by atoms with Gasteiger partial charge in [-0.15, -0.1) is 0 Å². The van der Waals surface area contributed by atoms with Crippen LogP contribution in [0.2, 0.25) is 5.02 Å². The van der Waals surface area contributed by atoms with Crippen molar-refractivity contribution < 1.29 is 14.7 Å². The number of rotatable bonds is 4. The number of benzene rings is 1. The van der Waals surface area contributed by atoms with Crippen LogP contribution >= 0.6 is 11.6 Å². The van der Waals surface area contributed by atoms with Crippen LogP contribution in [0, 0.1) is 0 Å².